The Kier molecular flexibility index (Phi) is 6.63. The van der Waals surface area contributed by atoms with Gasteiger partial charge in [0, 0.05) is 24.6 Å². The van der Waals surface area contributed by atoms with Crippen LogP contribution < -0.4 is 5.32 Å². The Morgan fingerprint density at radius 1 is 1.57 bits per heavy atom. The second-order valence-corrected chi connectivity index (χ2v) is 6.17. The van der Waals surface area contributed by atoms with Gasteiger partial charge in [-0.15, -0.1) is 11.3 Å². The topological polar surface area (TPSA) is 50.8 Å². The van der Waals surface area contributed by atoms with E-state index in [1.807, 2.05) is 23.3 Å². The van der Waals surface area contributed by atoms with Crippen molar-refractivity contribution in [2.45, 2.75) is 19.5 Å². The van der Waals surface area contributed by atoms with Crippen molar-refractivity contribution >= 4 is 17.2 Å². The quantitative estimate of drug-likeness (QED) is 0.787. The van der Waals surface area contributed by atoms with E-state index >= 15 is 0 Å². The zero-order valence-electron chi connectivity index (χ0n) is 12.7. The summed E-state index contributed by atoms with van der Waals surface area (Å²) in [4.78, 5) is 15.9. The number of nitrogens with one attached hydrogen (secondary N) is 1. The van der Waals surface area contributed by atoms with Crippen molar-refractivity contribution < 1.29 is 14.3 Å². The van der Waals surface area contributed by atoms with Gasteiger partial charge in [0.05, 0.1) is 32.3 Å². The summed E-state index contributed by atoms with van der Waals surface area (Å²) < 4.78 is 10.6. The predicted octanol–water partition coefficient (Wildman–Crippen LogP) is 1.35. The zero-order valence-corrected chi connectivity index (χ0v) is 13.5. The fraction of sp³-hybridized carbons (Fsp3) is 0.667. The number of methoxy groups -OCH3 is 1. The molecule has 0 aromatic carbocycles. The summed E-state index contributed by atoms with van der Waals surface area (Å²) in [5.41, 5.74) is 0. The van der Waals surface area contributed by atoms with E-state index in [0.717, 1.165) is 6.54 Å². The van der Waals surface area contributed by atoms with Gasteiger partial charge in [0.1, 0.15) is 0 Å². The molecule has 2 rings (SSSR count). The Labute approximate surface area is 130 Å². The lowest BCUT2D eigenvalue weighted by molar-refractivity contribution is -0.137. The minimum atomic E-state index is -0.0956. The minimum absolute atomic E-state index is 0.0956. The highest BCUT2D eigenvalue weighted by atomic mass is 32.1. The third-order valence-electron chi connectivity index (χ3n) is 3.67. The molecule has 1 N–H and O–H groups in total. The Balaban J connectivity index is 2.02. The average Bonchev–Trinajstić information content (AvgIpc) is 3.14. The standard InChI is InChI=1S/C15H24N2O3S/c1-3-16-14-11-20-10-13(14)15(18)17(6-7-19-2)9-12-5-4-8-21-12/h4-5,8,13-14,16H,3,6-7,9-11H2,1-2H3. The molecule has 118 valence electrons. The molecule has 1 fully saturated rings. The highest BCUT2D eigenvalue weighted by molar-refractivity contribution is 7.09. The monoisotopic (exact) mass is 312 g/mol. The van der Waals surface area contributed by atoms with Crippen LogP contribution in [-0.2, 0) is 20.8 Å². The lowest BCUT2D eigenvalue weighted by atomic mass is 10.0. The molecule has 0 spiro atoms. The van der Waals surface area contributed by atoms with Crippen molar-refractivity contribution in [2.75, 3.05) is 40.0 Å². The minimum Gasteiger partial charge on any atom is -0.383 e. The van der Waals surface area contributed by atoms with Crippen LogP contribution in [0.25, 0.3) is 0 Å². The van der Waals surface area contributed by atoms with Gasteiger partial charge in [-0.05, 0) is 18.0 Å². The number of nitrogens with zero attached hydrogens (tertiary/aromatic N) is 1. The number of carbonyl (C=O) groups excluding carboxylic acids is 1. The summed E-state index contributed by atoms with van der Waals surface area (Å²) in [6.45, 7) is 5.83. The summed E-state index contributed by atoms with van der Waals surface area (Å²) in [5.74, 6) is 0.0608. The molecule has 0 aliphatic carbocycles. The van der Waals surface area contributed by atoms with Crippen LogP contribution in [0.2, 0.25) is 0 Å². The third-order valence-corrected chi connectivity index (χ3v) is 4.53. The molecule has 1 aliphatic heterocycles. The van der Waals surface area contributed by atoms with Crippen molar-refractivity contribution in [1.82, 2.24) is 10.2 Å². The third kappa shape index (κ3) is 4.51. The number of ether oxygens (including phenoxy) is 2. The maximum Gasteiger partial charge on any atom is 0.230 e. The molecule has 21 heavy (non-hydrogen) atoms. The second-order valence-electron chi connectivity index (χ2n) is 5.14. The fourth-order valence-electron chi connectivity index (χ4n) is 2.55. The maximum atomic E-state index is 12.8. The van der Waals surface area contributed by atoms with Crippen LogP contribution in [0.5, 0.6) is 0 Å². The summed E-state index contributed by atoms with van der Waals surface area (Å²) in [5, 5.41) is 5.38. The molecule has 2 heterocycles. The van der Waals surface area contributed by atoms with Crippen molar-refractivity contribution in [3.63, 3.8) is 0 Å². The average molecular weight is 312 g/mol. The van der Waals surface area contributed by atoms with E-state index < -0.39 is 0 Å². The summed E-state index contributed by atoms with van der Waals surface area (Å²) in [6, 6.07) is 4.19. The molecule has 1 aromatic rings. The van der Waals surface area contributed by atoms with E-state index in [0.29, 0.717) is 32.9 Å². The number of hydrogen-bond acceptors (Lipinski definition) is 5. The summed E-state index contributed by atoms with van der Waals surface area (Å²) >= 11 is 1.67. The molecule has 0 saturated carbocycles. The molecule has 2 atom stereocenters. The predicted molar refractivity (Wildman–Crippen MR) is 83.4 cm³/mol. The molecule has 0 bridgehead atoms. The first-order valence-corrected chi connectivity index (χ1v) is 8.25. The first kappa shape index (κ1) is 16.4. The van der Waals surface area contributed by atoms with E-state index in [1.54, 1.807) is 18.4 Å². The highest BCUT2D eigenvalue weighted by Gasteiger charge is 2.36. The van der Waals surface area contributed by atoms with Crippen molar-refractivity contribution in [3.8, 4) is 0 Å². The summed E-state index contributed by atoms with van der Waals surface area (Å²) in [6.07, 6.45) is 0. The molecule has 1 aromatic heterocycles. The number of hydrogen-bond donors (Lipinski definition) is 1. The van der Waals surface area contributed by atoms with Crippen molar-refractivity contribution in [1.29, 1.82) is 0 Å². The van der Waals surface area contributed by atoms with Crippen LogP contribution in [0.15, 0.2) is 17.5 Å². The molecule has 1 amide bonds. The zero-order chi connectivity index (χ0) is 15.1. The molecule has 1 aliphatic rings. The second kappa shape index (κ2) is 8.48. The van der Waals surface area contributed by atoms with Gasteiger partial charge >= 0.3 is 0 Å². The Bertz CT molecular complexity index is 425. The van der Waals surface area contributed by atoms with Gasteiger partial charge in [0.25, 0.3) is 0 Å². The van der Waals surface area contributed by atoms with Gasteiger partial charge < -0.3 is 19.7 Å². The first-order chi connectivity index (χ1) is 10.3. The number of amides is 1. The summed E-state index contributed by atoms with van der Waals surface area (Å²) in [7, 11) is 1.66. The van der Waals surface area contributed by atoms with E-state index in [-0.39, 0.29) is 17.9 Å². The molecular formula is C15H24N2O3S. The lowest BCUT2D eigenvalue weighted by Crippen LogP contribution is -2.46. The number of rotatable bonds is 8. The van der Waals surface area contributed by atoms with Crippen molar-refractivity contribution in [2.24, 2.45) is 5.92 Å². The van der Waals surface area contributed by atoms with E-state index in [9.17, 15) is 4.79 Å². The largest absolute Gasteiger partial charge is 0.383 e. The normalized spacial score (nSPS) is 21.6. The number of likely N-dealkylation sites (N-methyl/N-ethyl adjacent to an activating group) is 1. The van der Waals surface area contributed by atoms with Gasteiger partial charge in [-0.1, -0.05) is 13.0 Å². The lowest BCUT2D eigenvalue weighted by Gasteiger charge is -2.27. The highest BCUT2D eigenvalue weighted by Crippen LogP contribution is 2.19. The Morgan fingerprint density at radius 3 is 3.10 bits per heavy atom. The number of carbonyl (C=O) groups is 1. The molecular weight excluding hydrogens is 288 g/mol. The van der Waals surface area contributed by atoms with Crippen molar-refractivity contribution in [3.05, 3.63) is 22.4 Å². The molecule has 1 saturated heterocycles. The molecule has 6 heteroatoms. The van der Waals surface area contributed by atoms with Crippen LogP contribution in [-0.4, -0.2) is 56.9 Å². The maximum absolute atomic E-state index is 12.8. The fourth-order valence-corrected chi connectivity index (χ4v) is 3.27. The smallest absolute Gasteiger partial charge is 0.230 e. The van der Waals surface area contributed by atoms with E-state index in [4.69, 9.17) is 9.47 Å². The van der Waals surface area contributed by atoms with Crippen LogP contribution in [0.4, 0.5) is 0 Å². The van der Waals surface area contributed by atoms with Gasteiger partial charge in [-0.3, -0.25) is 4.79 Å². The van der Waals surface area contributed by atoms with Crippen LogP contribution >= 0.6 is 11.3 Å². The first-order valence-electron chi connectivity index (χ1n) is 7.37. The van der Waals surface area contributed by atoms with Gasteiger partial charge in [0.15, 0.2) is 0 Å². The van der Waals surface area contributed by atoms with Crippen LogP contribution in [0.1, 0.15) is 11.8 Å². The Hall–Kier alpha value is -0.950. The number of thiophene rings is 1. The van der Waals surface area contributed by atoms with Gasteiger partial charge in [0.2, 0.25) is 5.91 Å². The Morgan fingerprint density at radius 2 is 2.43 bits per heavy atom. The van der Waals surface area contributed by atoms with E-state index in [2.05, 4.69) is 11.4 Å². The SMILES string of the molecule is CCNC1COCC1C(=O)N(CCOC)Cc1cccs1. The molecule has 5 nitrogen and oxygen atoms in total. The molecule has 2 unspecified atom stereocenters. The van der Waals surface area contributed by atoms with Crippen LogP contribution in [0.3, 0.4) is 0 Å². The van der Waals surface area contributed by atoms with Gasteiger partial charge in [-0.2, -0.15) is 0 Å². The molecule has 0 radical (unpaired) electrons. The van der Waals surface area contributed by atoms with E-state index in [1.165, 1.54) is 4.88 Å². The van der Waals surface area contributed by atoms with Crippen LogP contribution in [0, 0.1) is 5.92 Å². The van der Waals surface area contributed by atoms with Gasteiger partial charge in [-0.25, -0.2) is 0 Å².